The number of pyridine rings is 1. The third-order valence-electron chi connectivity index (χ3n) is 4.44. The van der Waals surface area contributed by atoms with E-state index in [0.29, 0.717) is 11.4 Å². The number of carbonyl (C=O) groups is 1. The number of rotatable bonds is 3. The summed E-state index contributed by atoms with van der Waals surface area (Å²) in [5, 5.41) is 12.2. The maximum Gasteiger partial charge on any atom is 0.276 e. The molecule has 0 unspecified atom stereocenters. The molecule has 1 aromatic carbocycles. The fraction of sp³-hybridized carbons (Fsp3) is 0.263. The lowest BCUT2D eigenvalue weighted by atomic mass is 10.1. The van der Waals surface area contributed by atoms with Gasteiger partial charge in [0, 0.05) is 24.7 Å². The summed E-state index contributed by atoms with van der Waals surface area (Å²) < 4.78 is 0. The van der Waals surface area contributed by atoms with Crippen LogP contribution in [0.3, 0.4) is 0 Å². The molecule has 2 aromatic heterocycles. The molecule has 4 rings (SSSR count). The topological polar surface area (TPSA) is 71.0 Å². The molecule has 3 aromatic rings. The molecule has 1 amide bonds. The number of anilines is 2. The van der Waals surface area contributed by atoms with Gasteiger partial charge < -0.3 is 10.2 Å². The quantitative estimate of drug-likeness (QED) is 0.796. The Morgan fingerprint density at radius 2 is 1.80 bits per heavy atom. The minimum Gasteiger partial charge on any atom is -0.355 e. The van der Waals surface area contributed by atoms with Gasteiger partial charge in [0.1, 0.15) is 0 Å². The molecular formula is C19H19N5O. The van der Waals surface area contributed by atoms with Crippen molar-refractivity contribution in [2.75, 3.05) is 23.3 Å². The van der Waals surface area contributed by atoms with Gasteiger partial charge in [-0.25, -0.2) is 0 Å². The van der Waals surface area contributed by atoms with E-state index in [-0.39, 0.29) is 5.91 Å². The summed E-state index contributed by atoms with van der Waals surface area (Å²) in [6.07, 6.45) is 5.34. The van der Waals surface area contributed by atoms with Crippen LogP contribution in [0.15, 0.2) is 48.7 Å². The van der Waals surface area contributed by atoms with Gasteiger partial charge in [0.05, 0.1) is 11.2 Å². The molecule has 1 fully saturated rings. The zero-order valence-electron chi connectivity index (χ0n) is 13.9. The first-order chi connectivity index (χ1) is 12.3. The zero-order valence-corrected chi connectivity index (χ0v) is 13.9. The van der Waals surface area contributed by atoms with Crippen molar-refractivity contribution >= 4 is 28.3 Å². The lowest BCUT2D eigenvalue weighted by Gasteiger charge is -2.27. The van der Waals surface area contributed by atoms with Crippen molar-refractivity contribution in [1.29, 1.82) is 0 Å². The van der Waals surface area contributed by atoms with Crippen LogP contribution in [-0.2, 0) is 0 Å². The van der Waals surface area contributed by atoms with Gasteiger partial charge in [0.15, 0.2) is 11.5 Å². The van der Waals surface area contributed by atoms with Gasteiger partial charge in [0.25, 0.3) is 5.91 Å². The number of amides is 1. The van der Waals surface area contributed by atoms with Crippen molar-refractivity contribution in [2.24, 2.45) is 0 Å². The minimum atomic E-state index is -0.282. The predicted octanol–water partition coefficient (Wildman–Crippen LogP) is 3.27. The third-order valence-corrected chi connectivity index (χ3v) is 4.44. The number of para-hydroxylation sites is 1. The second-order valence-electron chi connectivity index (χ2n) is 6.16. The largest absolute Gasteiger partial charge is 0.355 e. The monoisotopic (exact) mass is 333 g/mol. The van der Waals surface area contributed by atoms with Gasteiger partial charge in [-0.2, -0.15) is 0 Å². The normalized spacial score (nSPS) is 14.5. The average Bonchev–Trinajstić information content (AvgIpc) is 2.69. The molecule has 0 spiro atoms. The molecule has 0 atom stereocenters. The van der Waals surface area contributed by atoms with Crippen LogP contribution in [-0.4, -0.2) is 34.2 Å². The summed E-state index contributed by atoms with van der Waals surface area (Å²) in [7, 11) is 0. The van der Waals surface area contributed by atoms with Gasteiger partial charge >= 0.3 is 0 Å². The standard InChI is InChI=1S/C19H19N5O/c25-19(21-15-8-4-6-14-7-5-11-20-18(14)15)16-9-10-17(23-22-16)24-12-2-1-3-13-24/h4-11H,1-3,12-13H2,(H,21,25). The van der Waals surface area contributed by atoms with Crippen molar-refractivity contribution in [3.63, 3.8) is 0 Å². The Balaban J connectivity index is 1.52. The van der Waals surface area contributed by atoms with Crippen LogP contribution >= 0.6 is 0 Å². The second-order valence-corrected chi connectivity index (χ2v) is 6.16. The molecule has 0 radical (unpaired) electrons. The van der Waals surface area contributed by atoms with Crippen LogP contribution in [0.25, 0.3) is 10.9 Å². The minimum absolute atomic E-state index is 0.282. The Labute approximate surface area is 145 Å². The van der Waals surface area contributed by atoms with E-state index >= 15 is 0 Å². The molecule has 6 nitrogen and oxygen atoms in total. The van der Waals surface area contributed by atoms with E-state index in [1.807, 2.05) is 36.4 Å². The molecule has 25 heavy (non-hydrogen) atoms. The molecule has 0 saturated carbocycles. The highest BCUT2D eigenvalue weighted by Gasteiger charge is 2.15. The van der Waals surface area contributed by atoms with Crippen molar-refractivity contribution in [2.45, 2.75) is 19.3 Å². The Hall–Kier alpha value is -3.02. The van der Waals surface area contributed by atoms with Crippen molar-refractivity contribution in [3.05, 3.63) is 54.4 Å². The first-order valence-corrected chi connectivity index (χ1v) is 8.55. The van der Waals surface area contributed by atoms with E-state index in [4.69, 9.17) is 0 Å². The van der Waals surface area contributed by atoms with E-state index in [1.165, 1.54) is 19.3 Å². The number of nitrogens with one attached hydrogen (secondary N) is 1. The number of benzene rings is 1. The summed E-state index contributed by atoms with van der Waals surface area (Å²) in [5.41, 5.74) is 1.73. The molecular weight excluding hydrogens is 314 g/mol. The fourth-order valence-corrected chi connectivity index (χ4v) is 3.13. The summed E-state index contributed by atoms with van der Waals surface area (Å²) in [5.74, 6) is 0.555. The molecule has 6 heteroatoms. The summed E-state index contributed by atoms with van der Waals surface area (Å²) in [6.45, 7) is 2.00. The summed E-state index contributed by atoms with van der Waals surface area (Å²) >= 11 is 0. The molecule has 1 saturated heterocycles. The van der Waals surface area contributed by atoms with Crippen molar-refractivity contribution in [3.8, 4) is 0 Å². The maximum absolute atomic E-state index is 12.5. The van der Waals surface area contributed by atoms with Gasteiger partial charge in [-0.3, -0.25) is 9.78 Å². The molecule has 0 bridgehead atoms. The number of piperidine rings is 1. The van der Waals surface area contributed by atoms with Crippen LogP contribution in [0.2, 0.25) is 0 Å². The smallest absolute Gasteiger partial charge is 0.276 e. The van der Waals surface area contributed by atoms with Gasteiger partial charge in [-0.15, -0.1) is 10.2 Å². The first-order valence-electron chi connectivity index (χ1n) is 8.55. The Morgan fingerprint density at radius 3 is 2.60 bits per heavy atom. The summed E-state index contributed by atoms with van der Waals surface area (Å²) in [4.78, 5) is 19.1. The molecule has 1 N–H and O–H groups in total. The number of fused-ring (bicyclic) bond motifs is 1. The number of hydrogen-bond donors (Lipinski definition) is 1. The van der Waals surface area contributed by atoms with Crippen LogP contribution < -0.4 is 10.2 Å². The van der Waals surface area contributed by atoms with Gasteiger partial charge in [-0.1, -0.05) is 18.2 Å². The van der Waals surface area contributed by atoms with E-state index in [9.17, 15) is 4.79 Å². The Kier molecular flexibility index (Phi) is 4.24. The second kappa shape index (κ2) is 6.84. The highest BCUT2D eigenvalue weighted by Crippen LogP contribution is 2.21. The van der Waals surface area contributed by atoms with Gasteiger partial charge in [-0.05, 0) is 43.5 Å². The SMILES string of the molecule is O=C(Nc1cccc2cccnc12)c1ccc(N2CCCCC2)nn1. The van der Waals surface area contributed by atoms with Crippen LogP contribution in [0.1, 0.15) is 29.8 Å². The Morgan fingerprint density at radius 1 is 0.960 bits per heavy atom. The van der Waals surface area contributed by atoms with E-state index in [2.05, 4.69) is 25.4 Å². The van der Waals surface area contributed by atoms with Gasteiger partial charge in [0.2, 0.25) is 0 Å². The summed E-state index contributed by atoms with van der Waals surface area (Å²) in [6, 6.07) is 13.1. The average molecular weight is 333 g/mol. The molecule has 3 heterocycles. The molecule has 0 aliphatic carbocycles. The predicted molar refractivity (Wildman–Crippen MR) is 97.8 cm³/mol. The highest BCUT2D eigenvalue weighted by molar-refractivity contribution is 6.07. The number of hydrogen-bond acceptors (Lipinski definition) is 5. The Bertz CT molecular complexity index is 882. The number of nitrogens with zero attached hydrogens (tertiary/aromatic N) is 4. The van der Waals surface area contributed by atoms with Crippen LogP contribution in [0, 0.1) is 0 Å². The van der Waals surface area contributed by atoms with Crippen LogP contribution in [0.5, 0.6) is 0 Å². The lowest BCUT2D eigenvalue weighted by molar-refractivity contribution is 0.102. The highest BCUT2D eigenvalue weighted by atomic mass is 16.1. The fourth-order valence-electron chi connectivity index (χ4n) is 3.13. The van der Waals surface area contributed by atoms with Crippen molar-refractivity contribution in [1.82, 2.24) is 15.2 Å². The third kappa shape index (κ3) is 3.28. The molecule has 126 valence electrons. The van der Waals surface area contributed by atoms with E-state index in [1.54, 1.807) is 12.3 Å². The van der Waals surface area contributed by atoms with Crippen molar-refractivity contribution < 1.29 is 4.79 Å². The lowest BCUT2D eigenvalue weighted by Crippen LogP contribution is -2.30. The number of carbonyl (C=O) groups excluding carboxylic acids is 1. The molecule has 1 aliphatic rings. The number of aromatic nitrogens is 3. The maximum atomic E-state index is 12.5. The van der Waals surface area contributed by atoms with Crippen LogP contribution in [0.4, 0.5) is 11.5 Å². The van der Waals surface area contributed by atoms with E-state index < -0.39 is 0 Å². The molecule has 1 aliphatic heterocycles. The zero-order chi connectivity index (χ0) is 17.1. The first kappa shape index (κ1) is 15.5. The van der Waals surface area contributed by atoms with E-state index in [0.717, 1.165) is 29.8 Å².